The zero-order valence-electron chi connectivity index (χ0n) is 12.2. The molecule has 1 N–H and O–H groups in total. The molecule has 0 bridgehead atoms. The number of nitrogens with zero attached hydrogens (tertiary/aromatic N) is 3. The van der Waals surface area contributed by atoms with Crippen LogP contribution in [0, 0.1) is 5.92 Å². The standard InChI is InChI=1S/C15H22N4OS/c20-15(19-8-6-18(7-9-19)12-3-4-12)17-13(11-1-2-11)14-16-5-10-21-14/h5,10-13H,1-4,6-9H2,(H,17,20). The van der Waals surface area contributed by atoms with E-state index in [-0.39, 0.29) is 12.1 Å². The molecule has 5 nitrogen and oxygen atoms in total. The Balaban J connectivity index is 1.34. The Labute approximate surface area is 129 Å². The number of hydrogen-bond donors (Lipinski definition) is 1. The van der Waals surface area contributed by atoms with Crippen LogP contribution in [0.1, 0.15) is 36.7 Å². The van der Waals surface area contributed by atoms with E-state index in [2.05, 4.69) is 15.2 Å². The van der Waals surface area contributed by atoms with Gasteiger partial charge in [0, 0.05) is 43.8 Å². The first-order valence-electron chi connectivity index (χ1n) is 8.00. The average Bonchev–Trinajstić information content (AvgIpc) is 3.43. The number of hydrogen-bond acceptors (Lipinski definition) is 4. The van der Waals surface area contributed by atoms with Crippen LogP contribution >= 0.6 is 11.3 Å². The number of rotatable bonds is 4. The molecule has 3 fully saturated rings. The van der Waals surface area contributed by atoms with E-state index in [1.165, 1.54) is 25.7 Å². The molecule has 114 valence electrons. The van der Waals surface area contributed by atoms with E-state index in [4.69, 9.17) is 0 Å². The molecule has 2 aliphatic carbocycles. The highest BCUT2D eigenvalue weighted by molar-refractivity contribution is 7.09. The highest BCUT2D eigenvalue weighted by Crippen LogP contribution is 2.41. The van der Waals surface area contributed by atoms with Crippen molar-refractivity contribution in [2.24, 2.45) is 5.92 Å². The lowest BCUT2D eigenvalue weighted by atomic mass is 10.2. The van der Waals surface area contributed by atoms with Crippen LogP contribution in [-0.4, -0.2) is 53.0 Å². The molecule has 3 aliphatic rings. The summed E-state index contributed by atoms with van der Waals surface area (Å²) in [4.78, 5) is 21.4. The van der Waals surface area contributed by atoms with Crippen LogP contribution in [-0.2, 0) is 0 Å². The largest absolute Gasteiger partial charge is 0.328 e. The molecule has 0 spiro atoms. The Bertz CT molecular complexity index is 490. The molecule has 2 saturated carbocycles. The molecule has 1 aromatic heterocycles. The fraction of sp³-hybridized carbons (Fsp3) is 0.733. The van der Waals surface area contributed by atoms with Crippen LogP contribution in [0.4, 0.5) is 4.79 Å². The molecule has 1 aliphatic heterocycles. The monoisotopic (exact) mass is 306 g/mol. The minimum absolute atomic E-state index is 0.0950. The Kier molecular flexibility index (Phi) is 3.59. The van der Waals surface area contributed by atoms with Crippen LogP contribution < -0.4 is 5.32 Å². The highest BCUT2D eigenvalue weighted by Gasteiger charge is 2.37. The summed E-state index contributed by atoms with van der Waals surface area (Å²) in [6, 6.07) is 1.03. The third-order valence-electron chi connectivity index (χ3n) is 4.75. The van der Waals surface area contributed by atoms with Crippen molar-refractivity contribution in [3.05, 3.63) is 16.6 Å². The summed E-state index contributed by atoms with van der Waals surface area (Å²) in [6.45, 7) is 3.78. The van der Waals surface area contributed by atoms with Crippen molar-refractivity contribution in [1.29, 1.82) is 0 Å². The van der Waals surface area contributed by atoms with Gasteiger partial charge in [0.1, 0.15) is 5.01 Å². The van der Waals surface area contributed by atoms with Gasteiger partial charge in [-0.15, -0.1) is 11.3 Å². The van der Waals surface area contributed by atoms with Gasteiger partial charge >= 0.3 is 6.03 Å². The molecule has 4 rings (SSSR count). The van der Waals surface area contributed by atoms with Gasteiger partial charge in [-0.3, -0.25) is 4.90 Å². The molecular weight excluding hydrogens is 284 g/mol. The number of nitrogens with one attached hydrogen (secondary N) is 1. The molecule has 0 aromatic carbocycles. The zero-order valence-corrected chi connectivity index (χ0v) is 13.0. The number of carbonyl (C=O) groups is 1. The Morgan fingerprint density at radius 1 is 1.24 bits per heavy atom. The second-order valence-electron chi connectivity index (χ2n) is 6.39. The van der Waals surface area contributed by atoms with Gasteiger partial charge in [0.15, 0.2) is 0 Å². The van der Waals surface area contributed by atoms with E-state index in [1.54, 1.807) is 11.3 Å². The first-order chi connectivity index (χ1) is 10.3. The van der Waals surface area contributed by atoms with Crippen molar-refractivity contribution < 1.29 is 4.79 Å². The maximum atomic E-state index is 12.5. The Hall–Kier alpha value is -1.14. The topological polar surface area (TPSA) is 48.5 Å². The molecule has 1 aromatic rings. The van der Waals surface area contributed by atoms with Crippen LogP contribution in [0.25, 0.3) is 0 Å². The van der Waals surface area contributed by atoms with E-state index in [0.29, 0.717) is 5.92 Å². The Morgan fingerprint density at radius 3 is 2.57 bits per heavy atom. The molecule has 21 heavy (non-hydrogen) atoms. The lowest BCUT2D eigenvalue weighted by Crippen LogP contribution is -2.52. The maximum Gasteiger partial charge on any atom is 0.318 e. The minimum Gasteiger partial charge on any atom is -0.328 e. The second kappa shape index (κ2) is 5.57. The third kappa shape index (κ3) is 3.06. The van der Waals surface area contributed by atoms with E-state index < -0.39 is 0 Å². The highest BCUT2D eigenvalue weighted by atomic mass is 32.1. The number of aromatic nitrogens is 1. The summed E-state index contributed by atoms with van der Waals surface area (Å²) in [5.74, 6) is 0.591. The number of carbonyl (C=O) groups excluding carboxylic acids is 1. The van der Waals surface area contributed by atoms with Crippen molar-refractivity contribution >= 4 is 17.4 Å². The maximum absolute atomic E-state index is 12.5. The molecule has 0 radical (unpaired) electrons. The summed E-state index contributed by atoms with van der Waals surface area (Å²) < 4.78 is 0. The first kappa shape index (κ1) is 13.5. The van der Waals surface area contributed by atoms with Gasteiger partial charge < -0.3 is 10.2 Å². The van der Waals surface area contributed by atoms with Gasteiger partial charge in [-0.1, -0.05) is 0 Å². The lowest BCUT2D eigenvalue weighted by Gasteiger charge is -2.35. The summed E-state index contributed by atoms with van der Waals surface area (Å²) >= 11 is 1.65. The zero-order chi connectivity index (χ0) is 14.2. The van der Waals surface area contributed by atoms with Gasteiger partial charge in [0.2, 0.25) is 0 Å². The van der Waals surface area contributed by atoms with Crippen LogP contribution in [0.3, 0.4) is 0 Å². The van der Waals surface area contributed by atoms with E-state index in [0.717, 1.165) is 37.2 Å². The van der Waals surface area contributed by atoms with Crippen LogP contribution in [0.5, 0.6) is 0 Å². The quantitative estimate of drug-likeness (QED) is 0.926. The SMILES string of the molecule is O=C(NC(c1nccs1)C1CC1)N1CCN(C2CC2)CC1. The van der Waals surface area contributed by atoms with Crippen molar-refractivity contribution in [2.45, 2.75) is 37.8 Å². The van der Waals surface area contributed by atoms with E-state index in [1.807, 2.05) is 16.5 Å². The predicted molar refractivity (Wildman–Crippen MR) is 82.3 cm³/mol. The fourth-order valence-corrected chi connectivity index (χ4v) is 3.93. The van der Waals surface area contributed by atoms with Gasteiger partial charge in [-0.05, 0) is 31.6 Å². The van der Waals surface area contributed by atoms with Crippen molar-refractivity contribution in [1.82, 2.24) is 20.1 Å². The average molecular weight is 306 g/mol. The van der Waals surface area contributed by atoms with Crippen LogP contribution in [0.15, 0.2) is 11.6 Å². The van der Waals surface area contributed by atoms with E-state index >= 15 is 0 Å². The van der Waals surface area contributed by atoms with Gasteiger partial charge in [0.05, 0.1) is 6.04 Å². The lowest BCUT2D eigenvalue weighted by molar-refractivity contribution is 0.132. The molecule has 1 saturated heterocycles. The first-order valence-corrected chi connectivity index (χ1v) is 8.88. The Morgan fingerprint density at radius 2 is 2.00 bits per heavy atom. The summed E-state index contributed by atoms with van der Waals surface area (Å²) in [5, 5.41) is 6.28. The van der Waals surface area contributed by atoms with Gasteiger partial charge in [-0.25, -0.2) is 9.78 Å². The summed E-state index contributed by atoms with van der Waals surface area (Å²) in [6.07, 6.45) is 6.94. The normalized spacial score (nSPS) is 24.9. The van der Waals surface area contributed by atoms with Crippen LogP contribution in [0.2, 0.25) is 0 Å². The number of thiazole rings is 1. The summed E-state index contributed by atoms with van der Waals surface area (Å²) in [7, 11) is 0. The summed E-state index contributed by atoms with van der Waals surface area (Å²) in [5.41, 5.74) is 0. The molecule has 1 unspecified atom stereocenters. The minimum atomic E-state index is 0.0950. The molecule has 2 heterocycles. The third-order valence-corrected chi connectivity index (χ3v) is 5.61. The van der Waals surface area contributed by atoms with E-state index in [9.17, 15) is 4.79 Å². The molecule has 6 heteroatoms. The number of amides is 2. The van der Waals surface area contributed by atoms with Crippen molar-refractivity contribution in [3.8, 4) is 0 Å². The van der Waals surface area contributed by atoms with Crippen molar-refractivity contribution in [2.75, 3.05) is 26.2 Å². The van der Waals surface area contributed by atoms with Gasteiger partial charge in [-0.2, -0.15) is 0 Å². The molecule has 2 amide bonds. The smallest absolute Gasteiger partial charge is 0.318 e. The fourth-order valence-electron chi connectivity index (χ4n) is 3.15. The predicted octanol–water partition coefficient (Wildman–Crippen LogP) is 2.08. The number of piperazine rings is 1. The molecule has 1 atom stereocenters. The molecular formula is C15H22N4OS. The van der Waals surface area contributed by atoms with Gasteiger partial charge in [0.25, 0.3) is 0 Å². The number of urea groups is 1. The van der Waals surface area contributed by atoms with Crippen molar-refractivity contribution in [3.63, 3.8) is 0 Å². The second-order valence-corrected chi connectivity index (χ2v) is 7.32.